The molecule has 1 N–H and O–H groups in total. The van der Waals surface area contributed by atoms with Crippen molar-refractivity contribution >= 4 is 52.1 Å². The Morgan fingerprint density at radius 1 is 1.03 bits per heavy atom. The number of nitrogens with one attached hydrogen (secondary N) is 1. The maximum absolute atomic E-state index is 12.8. The molecule has 2 unspecified atom stereocenters. The summed E-state index contributed by atoms with van der Waals surface area (Å²) in [5.74, 6) is -0.383. The molecular formula is C25H29Cl3N4O. The van der Waals surface area contributed by atoms with Crippen molar-refractivity contribution in [2.45, 2.75) is 11.9 Å². The van der Waals surface area contributed by atoms with Crippen LogP contribution in [0.4, 0.5) is 5.69 Å². The largest absolute Gasteiger partial charge is 0.368 e. The first-order chi connectivity index (χ1) is 16.0. The summed E-state index contributed by atoms with van der Waals surface area (Å²) in [4.78, 5) is 19.4. The van der Waals surface area contributed by atoms with Gasteiger partial charge in [-0.3, -0.25) is 9.69 Å². The van der Waals surface area contributed by atoms with Crippen LogP contribution in [0.3, 0.4) is 0 Å². The van der Waals surface area contributed by atoms with Crippen LogP contribution >= 0.6 is 34.8 Å². The number of carbonyl (C=O) groups is 1. The summed E-state index contributed by atoms with van der Waals surface area (Å²) in [5, 5.41) is 4.28. The molecule has 0 spiro atoms. The SMILES string of the molecule is CN1C(c2ccccc2)=CC(C(=O)NCCCN2CCN(c3cccc(Cl)c3Cl)CC2)C1Cl. The minimum Gasteiger partial charge on any atom is -0.368 e. The molecule has 2 atom stereocenters. The third kappa shape index (κ3) is 5.60. The van der Waals surface area contributed by atoms with Gasteiger partial charge in [-0.1, -0.05) is 71.2 Å². The molecule has 2 heterocycles. The zero-order valence-corrected chi connectivity index (χ0v) is 21.0. The molecule has 0 aliphatic carbocycles. The van der Waals surface area contributed by atoms with Gasteiger partial charge in [0.15, 0.2) is 0 Å². The van der Waals surface area contributed by atoms with Crippen LogP contribution in [-0.4, -0.2) is 67.5 Å². The van der Waals surface area contributed by atoms with E-state index in [1.807, 2.05) is 66.6 Å². The van der Waals surface area contributed by atoms with Gasteiger partial charge < -0.3 is 15.1 Å². The predicted molar refractivity (Wildman–Crippen MR) is 138 cm³/mol. The first-order valence-electron chi connectivity index (χ1n) is 11.3. The van der Waals surface area contributed by atoms with Crippen molar-refractivity contribution in [3.05, 3.63) is 70.2 Å². The van der Waals surface area contributed by atoms with Crippen molar-refractivity contribution in [1.29, 1.82) is 0 Å². The molecule has 1 saturated heterocycles. The van der Waals surface area contributed by atoms with Gasteiger partial charge in [0, 0.05) is 45.5 Å². The fourth-order valence-electron chi connectivity index (χ4n) is 4.43. The lowest BCUT2D eigenvalue weighted by molar-refractivity contribution is -0.123. The lowest BCUT2D eigenvalue weighted by Crippen LogP contribution is -2.47. The molecule has 2 aromatic carbocycles. The van der Waals surface area contributed by atoms with E-state index in [1.165, 1.54) is 0 Å². The number of nitrogens with zero attached hydrogens (tertiary/aromatic N) is 3. The Labute approximate surface area is 210 Å². The number of hydrogen-bond acceptors (Lipinski definition) is 4. The van der Waals surface area contributed by atoms with E-state index in [1.54, 1.807) is 0 Å². The van der Waals surface area contributed by atoms with Crippen LogP contribution in [0.5, 0.6) is 0 Å². The van der Waals surface area contributed by atoms with Gasteiger partial charge in [0.25, 0.3) is 0 Å². The monoisotopic (exact) mass is 506 g/mol. The molecule has 8 heteroatoms. The van der Waals surface area contributed by atoms with Gasteiger partial charge in [-0.05, 0) is 36.7 Å². The molecule has 0 aromatic heterocycles. The Bertz CT molecular complexity index is 992. The summed E-state index contributed by atoms with van der Waals surface area (Å²) in [5.41, 5.74) is 2.68. The number of rotatable bonds is 7. The molecule has 2 aliphatic rings. The molecule has 2 aliphatic heterocycles. The highest BCUT2D eigenvalue weighted by Crippen LogP contribution is 2.35. The van der Waals surface area contributed by atoms with Crippen molar-refractivity contribution in [3.63, 3.8) is 0 Å². The van der Waals surface area contributed by atoms with Crippen molar-refractivity contribution in [2.75, 3.05) is 51.2 Å². The maximum Gasteiger partial charge on any atom is 0.230 e. The first-order valence-corrected chi connectivity index (χ1v) is 12.5. The lowest BCUT2D eigenvalue weighted by atomic mass is 10.1. The molecule has 1 amide bonds. The van der Waals surface area contributed by atoms with E-state index in [2.05, 4.69) is 15.1 Å². The highest BCUT2D eigenvalue weighted by atomic mass is 35.5. The van der Waals surface area contributed by atoms with Crippen LogP contribution in [-0.2, 0) is 4.79 Å². The number of hydrogen-bond donors (Lipinski definition) is 1. The summed E-state index contributed by atoms with van der Waals surface area (Å²) < 4.78 is 0. The van der Waals surface area contributed by atoms with Crippen LogP contribution in [0.1, 0.15) is 12.0 Å². The average Bonchev–Trinajstić information content (AvgIpc) is 3.14. The Morgan fingerprint density at radius 3 is 2.48 bits per heavy atom. The number of carbonyl (C=O) groups excluding carboxylic acids is 1. The Kier molecular flexibility index (Phi) is 8.07. The highest BCUT2D eigenvalue weighted by molar-refractivity contribution is 6.43. The first kappa shape index (κ1) is 24.2. The minimum atomic E-state index is -0.383. The predicted octanol–water partition coefficient (Wildman–Crippen LogP) is 4.79. The molecule has 0 bridgehead atoms. The summed E-state index contributed by atoms with van der Waals surface area (Å²) in [7, 11) is 1.93. The highest BCUT2D eigenvalue weighted by Gasteiger charge is 2.35. The fourth-order valence-corrected chi connectivity index (χ4v) is 5.14. The van der Waals surface area contributed by atoms with Crippen LogP contribution in [0.25, 0.3) is 5.70 Å². The van der Waals surface area contributed by atoms with E-state index in [4.69, 9.17) is 34.8 Å². The van der Waals surface area contributed by atoms with Gasteiger partial charge in [0.2, 0.25) is 5.91 Å². The Balaban J connectivity index is 1.21. The second kappa shape index (κ2) is 11.0. The maximum atomic E-state index is 12.8. The zero-order chi connectivity index (χ0) is 23.4. The van der Waals surface area contributed by atoms with E-state index in [0.717, 1.165) is 56.1 Å². The van der Waals surface area contributed by atoms with Gasteiger partial charge in [-0.15, -0.1) is 0 Å². The van der Waals surface area contributed by atoms with Crippen LogP contribution in [0, 0.1) is 5.92 Å². The van der Waals surface area contributed by atoms with Gasteiger partial charge in [-0.2, -0.15) is 0 Å². The molecule has 4 rings (SSSR count). The van der Waals surface area contributed by atoms with Crippen molar-refractivity contribution in [2.24, 2.45) is 5.92 Å². The summed E-state index contributed by atoms with van der Waals surface area (Å²) in [6.07, 6.45) is 2.87. The topological polar surface area (TPSA) is 38.8 Å². The molecule has 1 fully saturated rings. The van der Waals surface area contributed by atoms with Crippen molar-refractivity contribution < 1.29 is 4.79 Å². The Hall–Kier alpha value is -1.92. The molecule has 0 saturated carbocycles. The molecular weight excluding hydrogens is 479 g/mol. The van der Waals surface area contributed by atoms with Crippen molar-refractivity contribution in [1.82, 2.24) is 15.1 Å². The fraction of sp³-hybridized carbons (Fsp3) is 0.400. The number of piperazine rings is 1. The van der Waals surface area contributed by atoms with Crippen LogP contribution in [0.2, 0.25) is 10.0 Å². The zero-order valence-electron chi connectivity index (χ0n) is 18.7. The van der Waals surface area contributed by atoms with Crippen molar-refractivity contribution in [3.8, 4) is 0 Å². The summed E-state index contributed by atoms with van der Waals surface area (Å²) in [6, 6.07) is 15.8. The van der Waals surface area contributed by atoms with E-state index in [-0.39, 0.29) is 17.3 Å². The summed E-state index contributed by atoms with van der Waals surface area (Å²) in [6.45, 7) is 5.30. The quantitative estimate of drug-likeness (QED) is 0.332. The number of alkyl halides is 1. The average molecular weight is 508 g/mol. The van der Waals surface area contributed by atoms with E-state index < -0.39 is 0 Å². The molecule has 0 radical (unpaired) electrons. The second-order valence-corrected chi connectivity index (χ2v) is 9.71. The van der Waals surface area contributed by atoms with E-state index >= 15 is 0 Å². The normalized spacial score (nSPS) is 21.3. The molecule has 2 aromatic rings. The smallest absolute Gasteiger partial charge is 0.230 e. The van der Waals surface area contributed by atoms with Gasteiger partial charge >= 0.3 is 0 Å². The number of amides is 1. The standard InChI is InChI=1S/C25H29Cl3N4O/c1-30-22(18-7-3-2-4-8-18)17-19(24(30)28)25(33)29-11-6-12-31-13-15-32(16-14-31)21-10-5-9-20(26)23(21)27/h2-5,7-10,17,19,24H,6,11-16H2,1H3,(H,29,33). The van der Waals surface area contributed by atoms with E-state index in [0.29, 0.717) is 16.6 Å². The van der Waals surface area contributed by atoms with Gasteiger partial charge in [0.1, 0.15) is 5.50 Å². The second-order valence-electron chi connectivity index (χ2n) is 8.47. The Morgan fingerprint density at radius 2 is 1.76 bits per heavy atom. The number of anilines is 1. The van der Waals surface area contributed by atoms with Crippen LogP contribution < -0.4 is 10.2 Å². The van der Waals surface area contributed by atoms with Gasteiger partial charge in [-0.25, -0.2) is 0 Å². The van der Waals surface area contributed by atoms with Gasteiger partial charge in [0.05, 0.1) is 21.7 Å². The third-order valence-electron chi connectivity index (χ3n) is 6.35. The number of halogens is 3. The molecule has 5 nitrogen and oxygen atoms in total. The molecule has 176 valence electrons. The lowest BCUT2D eigenvalue weighted by Gasteiger charge is -2.36. The number of benzene rings is 2. The summed E-state index contributed by atoms with van der Waals surface area (Å²) >= 11 is 19.1. The van der Waals surface area contributed by atoms with Crippen LogP contribution in [0.15, 0.2) is 54.6 Å². The third-order valence-corrected chi connectivity index (χ3v) is 7.72. The minimum absolute atomic E-state index is 0.0202. The molecule has 33 heavy (non-hydrogen) atoms. The van der Waals surface area contributed by atoms with E-state index in [9.17, 15) is 4.79 Å².